The Balaban J connectivity index is 1.91. The molecule has 144 valence electrons. The molecule has 0 bridgehead atoms. The summed E-state index contributed by atoms with van der Waals surface area (Å²) in [4.78, 5) is 2.63. The molecule has 2 atom stereocenters. The highest BCUT2D eigenvalue weighted by Crippen LogP contribution is 2.15. The van der Waals surface area contributed by atoms with Crippen LogP contribution in [0.5, 0.6) is 0 Å². The summed E-state index contributed by atoms with van der Waals surface area (Å²) >= 11 is 0. The van der Waals surface area contributed by atoms with Gasteiger partial charge in [0.1, 0.15) is 0 Å². The van der Waals surface area contributed by atoms with Crippen molar-refractivity contribution in [1.29, 1.82) is 0 Å². The van der Waals surface area contributed by atoms with Crippen LogP contribution in [0.25, 0.3) is 10.4 Å². The summed E-state index contributed by atoms with van der Waals surface area (Å²) in [5.41, 5.74) is 10.5. The average molecular weight is 391 g/mol. The van der Waals surface area contributed by atoms with Crippen molar-refractivity contribution in [1.82, 2.24) is 0 Å². The summed E-state index contributed by atoms with van der Waals surface area (Å²) < 4.78 is 34.8. The number of azide groups is 1. The highest BCUT2D eigenvalue weighted by Gasteiger charge is 2.23. The third kappa shape index (κ3) is 6.67. The van der Waals surface area contributed by atoms with Crippen LogP contribution in [0.4, 0.5) is 0 Å². The zero-order valence-electron chi connectivity index (χ0n) is 14.8. The molecule has 0 aromatic heterocycles. The Morgan fingerprint density at radius 2 is 1.78 bits per heavy atom. The Morgan fingerprint density at radius 1 is 1.11 bits per heavy atom. The molecule has 0 aliphatic rings. The first-order valence-electron chi connectivity index (χ1n) is 8.22. The summed E-state index contributed by atoms with van der Waals surface area (Å²) in [5, 5.41) is 13.6. The molecule has 0 radical (unpaired) electrons. The molecule has 1 N–H and O–H groups in total. The summed E-state index contributed by atoms with van der Waals surface area (Å²) in [6.07, 6.45) is -1.21. The first-order chi connectivity index (χ1) is 12.9. The van der Waals surface area contributed by atoms with Crippen LogP contribution in [0.3, 0.4) is 0 Å². The van der Waals surface area contributed by atoms with Crippen LogP contribution in [0.1, 0.15) is 11.1 Å². The minimum atomic E-state index is -4.02. The van der Waals surface area contributed by atoms with Gasteiger partial charge in [-0.25, -0.2) is 0 Å². The molecule has 0 saturated carbocycles. The van der Waals surface area contributed by atoms with E-state index in [1.807, 2.05) is 37.3 Å². The molecule has 9 heteroatoms. The van der Waals surface area contributed by atoms with Crippen LogP contribution in [0.15, 0.2) is 64.6 Å². The van der Waals surface area contributed by atoms with Gasteiger partial charge in [-0.05, 0) is 30.2 Å². The molecule has 0 fully saturated rings. The molecule has 0 spiro atoms. The number of aliphatic hydroxyl groups is 1. The summed E-state index contributed by atoms with van der Waals surface area (Å²) in [5.74, 6) is 0. The molecular formula is C18H21N3O5S. The predicted molar refractivity (Wildman–Crippen MR) is 99.4 cm³/mol. The minimum absolute atomic E-state index is 0.0115. The number of rotatable bonds is 10. The molecule has 27 heavy (non-hydrogen) atoms. The van der Waals surface area contributed by atoms with E-state index in [0.29, 0.717) is 0 Å². The minimum Gasteiger partial charge on any atom is -0.390 e. The van der Waals surface area contributed by atoms with Crippen molar-refractivity contribution in [2.45, 2.75) is 30.6 Å². The first-order valence-corrected chi connectivity index (χ1v) is 9.63. The van der Waals surface area contributed by atoms with Crippen LogP contribution in [0, 0.1) is 6.92 Å². The number of nitrogens with zero attached hydrogens (tertiary/aromatic N) is 3. The summed E-state index contributed by atoms with van der Waals surface area (Å²) in [6, 6.07) is 14.4. The van der Waals surface area contributed by atoms with Gasteiger partial charge in [-0.2, -0.15) is 8.42 Å². The van der Waals surface area contributed by atoms with Crippen molar-refractivity contribution in [2.75, 3.05) is 13.2 Å². The van der Waals surface area contributed by atoms with E-state index in [4.69, 9.17) is 14.5 Å². The number of aliphatic hydroxyl groups excluding tert-OH is 1. The topological polar surface area (TPSA) is 122 Å². The Labute approximate surface area is 158 Å². The fourth-order valence-electron chi connectivity index (χ4n) is 2.20. The number of aryl methyl sites for hydroxylation is 1. The van der Waals surface area contributed by atoms with Crippen LogP contribution < -0.4 is 0 Å². The van der Waals surface area contributed by atoms with Crippen LogP contribution in [-0.2, 0) is 25.6 Å². The lowest BCUT2D eigenvalue weighted by Gasteiger charge is -2.18. The maximum Gasteiger partial charge on any atom is 0.296 e. The number of hydrogen-bond acceptors (Lipinski definition) is 6. The lowest BCUT2D eigenvalue weighted by Crippen LogP contribution is -2.33. The SMILES string of the molecule is Cc1ccc(S(=O)(=O)OC[C@@H](N=[N+]=[N-])[C@H](O)COCc2ccccc2)cc1. The van der Waals surface area contributed by atoms with E-state index in [1.54, 1.807) is 12.1 Å². The van der Waals surface area contributed by atoms with Crippen molar-refractivity contribution < 1.29 is 22.4 Å². The summed E-state index contributed by atoms with van der Waals surface area (Å²) in [7, 11) is -4.02. The zero-order valence-corrected chi connectivity index (χ0v) is 15.6. The van der Waals surface area contributed by atoms with E-state index in [-0.39, 0.29) is 18.1 Å². The highest BCUT2D eigenvalue weighted by atomic mass is 32.2. The molecule has 0 saturated heterocycles. The van der Waals surface area contributed by atoms with Gasteiger partial charge in [0.15, 0.2) is 0 Å². The Kier molecular flexibility index (Phi) is 7.78. The molecular weight excluding hydrogens is 370 g/mol. The van der Waals surface area contributed by atoms with Gasteiger partial charge < -0.3 is 9.84 Å². The van der Waals surface area contributed by atoms with Gasteiger partial charge in [0.25, 0.3) is 10.1 Å². The third-order valence-corrected chi connectivity index (χ3v) is 5.04. The third-order valence-electron chi connectivity index (χ3n) is 3.75. The Bertz CT molecular complexity index is 866. The van der Waals surface area contributed by atoms with Crippen molar-refractivity contribution >= 4 is 10.1 Å². The molecule has 2 aromatic rings. The van der Waals surface area contributed by atoms with Gasteiger partial charge in [-0.1, -0.05) is 53.1 Å². The van der Waals surface area contributed by atoms with E-state index >= 15 is 0 Å². The van der Waals surface area contributed by atoms with Gasteiger partial charge in [-0.15, -0.1) is 0 Å². The first kappa shape index (κ1) is 20.9. The second kappa shape index (κ2) is 10.1. The van der Waals surface area contributed by atoms with Crippen LogP contribution in [0.2, 0.25) is 0 Å². The van der Waals surface area contributed by atoms with Crippen LogP contribution >= 0.6 is 0 Å². The van der Waals surface area contributed by atoms with Crippen LogP contribution in [-0.4, -0.2) is 38.9 Å². The van der Waals surface area contributed by atoms with Gasteiger partial charge in [0, 0.05) is 4.91 Å². The maximum absolute atomic E-state index is 12.2. The van der Waals surface area contributed by atoms with Gasteiger partial charge in [0.05, 0.1) is 36.9 Å². The number of hydrogen-bond donors (Lipinski definition) is 1. The predicted octanol–water partition coefficient (Wildman–Crippen LogP) is 2.96. The largest absolute Gasteiger partial charge is 0.390 e. The standard InChI is InChI=1S/C18H21N3O5S/c1-14-7-9-16(10-8-14)27(23,24)26-12-17(20-21-19)18(22)13-25-11-15-5-3-2-4-6-15/h2-10,17-18,22H,11-13H2,1H3/t17-,18-/m1/s1. The number of benzene rings is 2. The fourth-order valence-corrected chi connectivity index (χ4v) is 3.13. The maximum atomic E-state index is 12.2. The molecule has 0 amide bonds. The molecule has 0 unspecified atom stereocenters. The van der Waals surface area contributed by atoms with E-state index in [1.165, 1.54) is 12.1 Å². The summed E-state index contributed by atoms with van der Waals surface area (Å²) in [6.45, 7) is 1.48. The molecule has 2 rings (SSSR count). The number of ether oxygens (including phenoxy) is 1. The van der Waals surface area contributed by atoms with Gasteiger partial charge in [-0.3, -0.25) is 4.18 Å². The lowest BCUT2D eigenvalue weighted by molar-refractivity contribution is 0.00876. The molecule has 2 aromatic carbocycles. The quantitative estimate of drug-likeness (QED) is 0.289. The molecule has 8 nitrogen and oxygen atoms in total. The second-order valence-corrected chi connectivity index (χ2v) is 7.51. The highest BCUT2D eigenvalue weighted by molar-refractivity contribution is 7.86. The molecule has 0 aliphatic carbocycles. The molecule has 0 aliphatic heterocycles. The van der Waals surface area contributed by atoms with E-state index in [9.17, 15) is 13.5 Å². The zero-order chi connectivity index (χ0) is 19.7. The van der Waals surface area contributed by atoms with Crippen molar-refractivity contribution in [2.24, 2.45) is 5.11 Å². The van der Waals surface area contributed by atoms with E-state index in [0.717, 1.165) is 11.1 Å². The smallest absolute Gasteiger partial charge is 0.296 e. The van der Waals surface area contributed by atoms with Crippen molar-refractivity contribution in [3.63, 3.8) is 0 Å². The monoisotopic (exact) mass is 391 g/mol. The van der Waals surface area contributed by atoms with Gasteiger partial charge >= 0.3 is 0 Å². The van der Waals surface area contributed by atoms with Crippen molar-refractivity contribution in [3.05, 3.63) is 76.2 Å². The molecule has 0 heterocycles. The van der Waals surface area contributed by atoms with Crippen molar-refractivity contribution in [3.8, 4) is 0 Å². The van der Waals surface area contributed by atoms with E-state index in [2.05, 4.69) is 10.0 Å². The average Bonchev–Trinajstić information content (AvgIpc) is 2.66. The lowest BCUT2D eigenvalue weighted by atomic mass is 10.2. The Hall–Kier alpha value is -2.42. The Morgan fingerprint density at radius 3 is 2.41 bits per heavy atom. The second-order valence-electron chi connectivity index (χ2n) is 5.89. The van der Waals surface area contributed by atoms with E-state index < -0.39 is 28.9 Å². The normalized spacial score (nSPS) is 13.6. The fraction of sp³-hybridized carbons (Fsp3) is 0.333. The van der Waals surface area contributed by atoms with Gasteiger partial charge in [0.2, 0.25) is 0 Å².